The lowest BCUT2D eigenvalue weighted by molar-refractivity contribution is -0.115. The van der Waals surface area contributed by atoms with Gasteiger partial charge in [0, 0.05) is 13.2 Å². The van der Waals surface area contributed by atoms with Crippen LogP contribution in [0.2, 0.25) is 5.02 Å². The van der Waals surface area contributed by atoms with Gasteiger partial charge < -0.3 is 20.5 Å². The zero-order valence-corrected chi connectivity index (χ0v) is 11.9. The Morgan fingerprint density at radius 3 is 2.80 bits per heavy atom. The number of ether oxygens (including phenoxy) is 1. The number of amides is 1. The van der Waals surface area contributed by atoms with Crippen LogP contribution in [0.1, 0.15) is 17.3 Å². The number of anilines is 1. The van der Waals surface area contributed by atoms with E-state index in [4.69, 9.17) is 21.4 Å². The molecule has 0 aliphatic rings. The van der Waals surface area contributed by atoms with E-state index < -0.39 is 5.97 Å². The third-order valence-corrected chi connectivity index (χ3v) is 2.73. The van der Waals surface area contributed by atoms with E-state index >= 15 is 0 Å². The standard InChI is InChI=1S/C13H17ClN2O4/c1-2-20-6-5-15-8-12(17)16-11-7-9(13(18)19)3-4-10(11)14/h3-4,7,15H,2,5-6,8H2,1H3,(H,16,17)(H,18,19). The molecule has 1 amide bonds. The number of rotatable bonds is 8. The van der Waals surface area contributed by atoms with Gasteiger partial charge in [-0.2, -0.15) is 0 Å². The van der Waals surface area contributed by atoms with Gasteiger partial charge in [0.15, 0.2) is 0 Å². The second-order valence-electron chi connectivity index (χ2n) is 3.92. The fourth-order valence-electron chi connectivity index (χ4n) is 1.44. The van der Waals surface area contributed by atoms with Crippen LogP contribution in [-0.2, 0) is 9.53 Å². The molecule has 0 aliphatic carbocycles. The number of benzene rings is 1. The fourth-order valence-corrected chi connectivity index (χ4v) is 1.60. The van der Waals surface area contributed by atoms with Crippen LogP contribution >= 0.6 is 11.6 Å². The van der Waals surface area contributed by atoms with Gasteiger partial charge in [-0.25, -0.2) is 4.79 Å². The fraction of sp³-hybridized carbons (Fsp3) is 0.385. The van der Waals surface area contributed by atoms with Crippen molar-refractivity contribution in [2.24, 2.45) is 0 Å². The molecule has 20 heavy (non-hydrogen) atoms. The van der Waals surface area contributed by atoms with Crippen LogP contribution in [0, 0.1) is 0 Å². The van der Waals surface area contributed by atoms with Crippen molar-refractivity contribution in [1.82, 2.24) is 5.32 Å². The SMILES string of the molecule is CCOCCNCC(=O)Nc1cc(C(=O)O)ccc1Cl. The van der Waals surface area contributed by atoms with Crippen molar-refractivity contribution in [3.8, 4) is 0 Å². The van der Waals surface area contributed by atoms with E-state index in [9.17, 15) is 9.59 Å². The molecule has 0 spiro atoms. The van der Waals surface area contributed by atoms with Gasteiger partial charge in [0.2, 0.25) is 5.91 Å². The van der Waals surface area contributed by atoms with Crippen LogP contribution in [0.4, 0.5) is 5.69 Å². The molecule has 7 heteroatoms. The van der Waals surface area contributed by atoms with Crippen molar-refractivity contribution in [3.05, 3.63) is 28.8 Å². The zero-order chi connectivity index (χ0) is 15.0. The summed E-state index contributed by atoms with van der Waals surface area (Å²) in [7, 11) is 0. The van der Waals surface area contributed by atoms with E-state index in [1.165, 1.54) is 18.2 Å². The van der Waals surface area contributed by atoms with E-state index in [1.54, 1.807) is 0 Å². The number of carbonyl (C=O) groups is 2. The number of carboxylic acids is 1. The number of hydrogen-bond acceptors (Lipinski definition) is 4. The highest BCUT2D eigenvalue weighted by atomic mass is 35.5. The highest BCUT2D eigenvalue weighted by molar-refractivity contribution is 6.33. The smallest absolute Gasteiger partial charge is 0.335 e. The molecule has 0 saturated carbocycles. The second kappa shape index (κ2) is 8.52. The lowest BCUT2D eigenvalue weighted by Gasteiger charge is -2.09. The molecule has 0 radical (unpaired) electrons. The molecule has 0 heterocycles. The number of hydrogen-bond donors (Lipinski definition) is 3. The molecule has 1 aromatic carbocycles. The minimum atomic E-state index is -1.08. The van der Waals surface area contributed by atoms with Gasteiger partial charge in [-0.3, -0.25) is 4.79 Å². The van der Waals surface area contributed by atoms with Crippen LogP contribution < -0.4 is 10.6 Å². The van der Waals surface area contributed by atoms with Crippen molar-refractivity contribution in [2.45, 2.75) is 6.92 Å². The summed E-state index contributed by atoms with van der Waals surface area (Å²) >= 11 is 5.90. The average Bonchev–Trinajstić information content (AvgIpc) is 2.40. The van der Waals surface area contributed by atoms with Crippen molar-refractivity contribution in [3.63, 3.8) is 0 Å². The summed E-state index contributed by atoms with van der Waals surface area (Å²) in [5.41, 5.74) is 0.345. The van der Waals surface area contributed by atoms with Gasteiger partial charge in [-0.05, 0) is 25.1 Å². The number of nitrogens with one attached hydrogen (secondary N) is 2. The summed E-state index contributed by atoms with van der Waals surface area (Å²) in [6, 6.07) is 4.13. The normalized spacial score (nSPS) is 10.3. The quantitative estimate of drug-likeness (QED) is 0.635. The molecule has 0 bridgehead atoms. The van der Waals surface area contributed by atoms with E-state index in [2.05, 4.69) is 10.6 Å². The molecule has 0 fully saturated rings. The predicted octanol–water partition coefficient (Wildman–Crippen LogP) is 1.60. The van der Waals surface area contributed by atoms with Crippen LogP contribution in [0.25, 0.3) is 0 Å². The molecular formula is C13H17ClN2O4. The Morgan fingerprint density at radius 2 is 2.15 bits per heavy atom. The molecule has 1 rings (SSSR count). The van der Waals surface area contributed by atoms with Crippen LogP contribution in [-0.4, -0.2) is 43.3 Å². The van der Waals surface area contributed by atoms with Gasteiger partial charge in [0.25, 0.3) is 0 Å². The highest BCUT2D eigenvalue weighted by Crippen LogP contribution is 2.22. The van der Waals surface area contributed by atoms with E-state index in [1.807, 2.05) is 6.92 Å². The first-order valence-corrected chi connectivity index (χ1v) is 6.53. The maximum absolute atomic E-state index is 11.7. The first-order chi connectivity index (χ1) is 9.54. The van der Waals surface area contributed by atoms with Gasteiger partial charge in [0.1, 0.15) is 0 Å². The Morgan fingerprint density at radius 1 is 1.40 bits per heavy atom. The Labute approximate surface area is 122 Å². The first-order valence-electron chi connectivity index (χ1n) is 6.15. The summed E-state index contributed by atoms with van der Waals surface area (Å²) in [6.45, 7) is 3.71. The maximum Gasteiger partial charge on any atom is 0.335 e. The van der Waals surface area contributed by atoms with Gasteiger partial charge >= 0.3 is 5.97 Å². The Balaban J connectivity index is 2.49. The molecule has 0 unspecified atom stereocenters. The molecule has 0 atom stereocenters. The van der Waals surface area contributed by atoms with Crippen molar-refractivity contribution in [2.75, 3.05) is 31.6 Å². The topological polar surface area (TPSA) is 87.7 Å². The minimum absolute atomic E-state index is 0.0639. The zero-order valence-electron chi connectivity index (χ0n) is 11.1. The van der Waals surface area contributed by atoms with Gasteiger partial charge in [-0.15, -0.1) is 0 Å². The average molecular weight is 301 g/mol. The Bertz CT molecular complexity index is 479. The van der Waals surface area contributed by atoms with E-state index in [0.29, 0.717) is 19.8 Å². The summed E-state index contributed by atoms with van der Waals surface area (Å²) in [6.07, 6.45) is 0. The largest absolute Gasteiger partial charge is 0.478 e. The van der Waals surface area contributed by atoms with Gasteiger partial charge in [-0.1, -0.05) is 11.6 Å². The summed E-state index contributed by atoms with van der Waals surface area (Å²) in [5.74, 6) is -1.38. The van der Waals surface area contributed by atoms with E-state index in [0.717, 1.165) is 0 Å². The molecule has 110 valence electrons. The predicted molar refractivity (Wildman–Crippen MR) is 76.4 cm³/mol. The summed E-state index contributed by atoms with van der Waals surface area (Å²) in [5, 5.41) is 14.6. The number of aromatic carboxylic acids is 1. The molecule has 0 saturated heterocycles. The molecule has 0 aromatic heterocycles. The van der Waals surface area contributed by atoms with E-state index in [-0.39, 0.29) is 28.7 Å². The van der Waals surface area contributed by atoms with Crippen molar-refractivity contribution >= 4 is 29.2 Å². The minimum Gasteiger partial charge on any atom is -0.478 e. The van der Waals surface area contributed by atoms with Crippen LogP contribution in [0.3, 0.4) is 0 Å². The van der Waals surface area contributed by atoms with Crippen molar-refractivity contribution < 1.29 is 19.4 Å². The molecule has 1 aromatic rings. The van der Waals surface area contributed by atoms with Gasteiger partial charge in [0.05, 0.1) is 29.4 Å². The molecule has 6 nitrogen and oxygen atoms in total. The second-order valence-corrected chi connectivity index (χ2v) is 4.33. The maximum atomic E-state index is 11.7. The number of carbonyl (C=O) groups excluding carboxylic acids is 1. The Hall–Kier alpha value is -1.63. The number of halogens is 1. The molecular weight excluding hydrogens is 284 g/mol. The molecule has 0 aliphatic heterocycles. The Kier molecular flexibility index (Phi) is 7.00. The summed E-state index contributed by atoms with van der Waals surface area (Å²) < 4.78 is 5.11. The lowest BCUT2D eigenvalue weighted by atomic mass is 10.2. The van der Waals surface area contributed by atoms with Crippen LogP contribution in [0.15, 0.2) is 18.2 Å². The molecule has 3 N–H and O–H groups in total. The third-order valence-electron chi connectivity index (χ3n) is 2.40. The monoisotopic (exact) mass is 300 g/mol. The summed E-state index contributed by atoms with van der Waals surface area (Å²) in [4.78, 5) is 22.5. The highest BCUT2D eigenvalue weighted by Gasteiger charge is 2.09. The first kappa shape index (κ1) is 16.4. The lowest BCUT2D eigenvalue weighted by Crippen LogP contribution is -2.30. The third kappa shape index (κ3) is 5.56. The van der Waals surface area contributed by atoms with Crippen LogP contribution in [0.5, 0.6) is 0 Å². The number of carboxylic acid groups (broad SMARTS) is 1. The van der Waals surface area contributed by atoms with Crippen molar-refractivity contribution in [1.29, 1.82) is 0 Å².